The molecular formula is C68H37N9. The Bertz CT molecular complexity index is 4600. The fourth-order valence-electron chi connectivity index (χ4n) is 11.4. The van der Waals surface area contributed by atoms with E-state index >= 15 is 0 Å². The lowest BCUT2D eigenvalue weighted by atomic mass is 9.91. The highest BCUT2D eigenvalue weighted by Crippen LogP contribution is 2.41. The van der Waals surface area contributed by atoms with Crippen molar-refractivity contribution in [1.82, 2.24) is 23.7 Å². The summed E-state index contributed by atoms with van der Waals surface area (Å²) in [4.78, 5) is 9.82. The molecule has 0 atom stereocenters. The van der Waals surface area contributed by atoms with Crippen LogP contribution in [0.1, 0.15) is 22.3 Å². The number of benzene rings is 10. The quantitative estimate of drug-likeness (QED) is 0.156. The average molecular weight is 980 g/mol. The molecule has 4 heterocycles. The maximum Gasteiger partial charge on any atom is 0.160 e. The minimum atomic E-state index is 0.304. The first-order valence-corrected chi connectivity index (χ1v) is 25.0. The number of hydrogen-bond donors (Lipinski definition) is 0. The van der Waals surface area contributed by atoms with Crippen LogP contribution < -0.4 is 0 Å². The van der Waals surface area contributed by atoms with Gasteiger partial charge < -0.3 is 13.7 Å². The van der Waals surface area contributed by atoms with Gasteiger partial charge in [-0.3, -0.25) is 0 Å². The minimum absolute atomic E-state index is 0.304. The lowest BCUT2D eigenvalue weighted by Gasteiger charge is -2.14. The Hall–Kier alpha value is -11.4. The second kappa shape index (κ2) is 17.7. The average Bonchev–Trinajstić information content (AvgIpc) is 4.27. The number of aromatic nitrogens is 5. The van der Waals surface area contributed by atoms with Gasteiger partial charge in [0.25, 0.3) is 0 Å². The van der Waals surface area contributed by atoms with Gasteiger partial charge in [0.1, 0.15) is 0 Å². The van der Waals surface area contributed by atoms with Gasteiger partial charge in [0.15, 0.2) is 5.82 Å². The first-order chi connectivity index (χ1) is 38.0. The zero-order chi connectivity index (χ0) is 51.7. The fourth-order valence-corrected chi connectivity index (χ4v) is 11.4. The molecule has 0 unspecified atom stereocenters. The predicted octanol–water partition coefficient (Wildman–Crippen LogP) is 15.9. The van der Waals surface area contributed by atoms with Crippen LogP contribution in [0, 0.1) is 45.3 Å². The molecule has 0 saturated heterocycles. The molecule has 0 fully saturated rings. The van der Waals surface area contributed by atoms with Crippen molar-refractivity contribution in [3.8, 4) is 86.4 Å². The van der Waals surface area contributed by atoms with Crippen LogP contribution in [0.3, 0.4) is 0 Å². The molecule has 10 aromatic carbocycles. The smallest absolute Gasteiger partial charge is 0.160 e. The van der Waals surface area contributed by atoms with Gasteiger partial charge >= 0.3 is 0 Å². The normalized spacial score (nSPS) is 11.3. The van der Waals surface area contributed by atoms with E-state index in [1.165, 1.54) is 21.5 Å². The maximum atomic E-state index is 10.8. The van der Waals surface area contributed by atoms with Crippen molar-refractivity contribution >= 4 is 65.4 Å². The summed E-state index contributed by atoms with van der Waals surface area (Å²) in [5.74, 6) is 0.351. The number of nitriles is 4. The summed E-state index contributed by atoms with van der Waals surface area (Å²) >= 11 is 0. The van der Waals surface area contributed by atoms with Crippen LogP contribution >= 0.6 is 0 Å². The molecule has 0 aliphatic heterocycles. The molecule has 9 nitrogen and oxygen atoms in total. The first kappa shape index (κ1) is 44.3. The molecule has 0 radical (unpaired) electrons. The molecule has 9 heteroatoms. The largest absolute Gasteiger partial charge is 0.309 e. The molecule has 0 N–H and O–H groups in total. The van der Waals surface area contributed by atoms with Gasteiger partial charge in [0.2, 0.25) is 0 Å². The van der Waals surface area contributed by atoms with E-state index in [9.17, 15) is 21.0 Å². The van der Waals surface area contributed by atoms with E-state index in [0.29, 0.717) is 67.3 Å². The Balaban J connectivity index is 0.921. The Morgan fingerprint density at radius 2 is 0.688 bits per heavy atom. The SMILES string of the molecule is N#Cc1cccc(-c2cc(-c3cc(C#N)c(-c4ccc(-n5c6ccc(-n7c8ccccc8c8ccccc87)cc6c6cc(-n7c8ccccc8c8ccccc87)ccc65)cc4)c(C#N)c3)nc(-c3cccc(C#N)c3)n2)c1. The topological polar surface area (TPSA) is 136 Å². The van der Waals surface area contributed by atoms with E-state index in [4.69, 9.17) is 9.97 Å². The van der Waals surface area contributed by atoms with E-state index in [1.807, 2.05) is 24.3 Å². The van der Waals surface area contributed by atoms with E-state index in [-0.39, 0.29) is 0 Å². The predicted molar refractivity (Wildman–Crippen MR) is 306 cm³/mol. The van der Waals surface area contributed by atoms with Crippen LogP contribution in [0.15, 0.2) is 224 Å². The molecule has 4 aromatic heterocycles. The highest BCUT2D eigenvalue weighted by molar-refractivity contribution is 6.14. The number of rotatable bonds is 7. The number of nitrogens with zero attached hydrogens (tertiary/aromatic N) is 9. The first-order valence-electron chi connectivity index (χ1n) is 25.0. The Morgan fingerprint density at radius 3 is 1.16 bits per heavy atom. The van der Waals surface area contributed by atoms with E-state index in [2.05, 4.69) is 184 Å². The number of hydrogen-bond acceptors (Lipinski definition) is 6. The van der Waals surface area contributed by atoms with Crippen molar-refractivity contribution < 1.29 is 0 Å². The monoisotopic (exact) mass is 979 g/mol. The summed E-state index contributed by atoms with van der Waals surface area (Å²) in [5, 5.41) is 48.1. The van der Waals surface area contributed by atoms with Gasteiger partial charge in [-0.2, -0.15) is 21.0 Å². The lowest BCUT2D eigenvalue weighted by molar-refractivity contribution is 1.16. The standard InChI is InChI=1S/C68H37N9/c69-38-42-11-9-13-45(31-42)59-37-60(74-68(73-59)46-14-10-12-43(32-46)39-70)47-33-48(40-71)67(49(34-47)41-72)44-23-25-50(26-24-44)75-65-29-27-51(76-61-19-5-1-15-53(61)54-16-2-6-20-62(54)76)35-57(65)58-36-52(28-30-66(58)75)77-63-21-7-3-17-55(63)56-18-4-8-22-64(56)77/h1-37H. The van der Waals surface area contributed by atoms with E-state index in [0.717, 1.165) is 60.9 Å². The molecule has 14 rings (SSSR count). The van der Waals surface area contributed by atoms with Crippen LogP contribution in [-0.4, -0.2) is 23.7 Å². The zero-order valence-corrected chi connectivity index (χ0v) is 40.9. The summed E-state index contributed by atoms with van der Waals surface area (Å²) in [6.07, 6.45) is 0. The summed E-state index contributed by atoms with van der Waals surface area (Å²) in [6.45, 7) is 0. The van der Waals surface area contributed by atoms with Crippen LogP contribution in [0.2, 0.25) is 0 Å². The molecule has 14 aromatic rings. The lowest BCUT2D eigenvalue weighted by Crippen LogP contribution is -1.99. The van der Waals surface area contributed by atoms with Gasteiger partial charge in [-0.15, -0.1) is 0 Å². The second-order valence-corrected chi connectivity index (χ2v) is 19.0. The Morgan fingerprint density at radius 1 is 0.286 bits per heavy atom. The molecule has 0 spiro atoms. The van der Waals surface area contributed by atoms with Gasteiger partial charge in [0.05, 0.1) is 91.0 Å². The molecule has 77 heavy (non-hydrogen) atoms. The summed E-state index contributed by atoms with van der Waals surface area (Å²) in [6, 6.07) is 84.5. The van der Waals surface area contributed by atoms with Crippen LogP contribution in [0.5, 0.6) is 0 Å². The molecule has 0 aliphatic carbocycles. The van der Waals surface area contributed by atoms with Crippen molar-refractivity contribution in [2.75, 3.05) is 0 Å². The van der Waals surface area contributed by atoms with Crippen molar-refractivity contribution in [3.63, 3.8) is 0 Å². The summed E-state index contributed by atoms with van der Waals surface area (Å²) in [5.41, 5.74) is 15.2. The van der Waals surface area contributed by atoms with E-state index < -0.39 is 0 Å². The van der Waals surface area contributed by atoms with Crippen LogP contribution in [0.25, 0.3) is 128 Å². The second-order valence-electron chi connectivity index (χ2n) is 19.0. The molecule has 0 amide bonds. The van der Waals surface area contributed by atoms with Gasteiger partial charge in [-0.1, -0.05) is 109 Å². The highest BCUT2D eigenvalue weighted by atomic mass is 15.0. The van der Waals surface area contributed by atoms with Crippen LogP contribution in [-0.2, 0) is 0 Å². The van der Waals surface area contributed by atoms with Crippen LogP contribution in [0.4, 0.5) is 0 Å². The van der Waals surface area contributed by atoms with Crippen molar-refractivity contribution in [3.05, 3.63) is 247 Å². The zero-order valence-electron chi connectivity index (χ0n) is 40.9. The maximum absolute atomic E-state index is 10.8. The van der Waals surface area contributed by atoms with Gasteiger partial charge in [-0.25, -0.2) is 9.97 Å². The molecule has 0 bridgehead atoms. The molecular weight excluding hydrogens is 943 g/mol. The minimum Gasteiger partial charge on any atom is -0.309 e. The highest BCUT2D eigenvalue weighted by Gasteiger charge is 2.21. The Labute approximate surface area is 441 Å². The van der Waals surface area contributed by atoms with Crippen molar-refractivity contribution in [2.45, 2.75) is 0 Å². The van der Waals surface area contributed by atoms with Crippen molar-refractivity contribution in [2.24, 2.45) is 0 Å². The van der Waals surface area contributed by atoms with Crippen molar-refractivity contribution in [1.29, 1.82) is 21.0 Å². The molecule has 0 aliphatic rings. The third-order valence-corrected chi connectivity index (χ3v) is 14.8. The Kier molecular flexibility index (Phi) is 10.2. The summed E-state index contributed by atoms with van der Waals surface area (Å²) in [7, 11) is 0. The van der Waals surface area contributed by atoms with Gasteiger partial charge in [0, 0.05) is 71.6 Å². The van der Waals surface area contributed by atoms with Gasteiger partial charge in [-0.05, 0) is 121 Å². The number of para-hydroxylation sites is 4. The molecule has 0 saturated carbocycles. The van der Waals surface area contributed by atoms with E-state index in [1.54, 1.807) is 54.6 Å². The molecule has 354 valence electrons. The summed E-state index contributed by atoms with van der Waals surface area (Å²) < 4.78 is 7.01. The third kappa shape index (κ3) is 7.13. The number of fused-ring (bicyclic) bond motifs is 9. The fraction of sp³-hybridized carbons (Fsp3) is 0. The third-order valence-electron chi connectivity index (χ3n) is 14.8.